The first-order valence-corrected chi connectivity index (χ1v) is 17.3. The van der Waals surface area contributed by atoms with Gasteiger partial charge in [-0.2, -0.15) is 0 Å². The predicted molar refractivity (Wildman–Crippen MR) is 185 cm³/mol. The molecule has 0 amide bonds. The molecule has 59 heavy (non-hydrogen) atoms. The van der Waals surface area contributed by atoms with E-state index in [1.807, 2.05) is 25.0 Å². The molecule has 47 heteroatoms. The average molecular weight is 938 g/mol. The number of aryl methyl sites for hydroxylation is 2. The summed E-state index contributed by atoms with van der Waals surface area (Å²) in [5.41, 5.74) is 7.50. The van der Waals surface area contributed by atoms with Gasteiger partial charge in [-0.15, -0.1) is 0 Å². The summed E-state index contributed by atoms with van der Waals surface area (Å²) in [5, 5.41) is 60.7. The normalized spacial score (nSPS) is 30.6. The SMILES string of the molecule is OB1OB2OB3OB(O)O[B@-]4(OB(O)O[B@@-]5(OB(O)OB(OB6OB(O)O[B@@-]7(OB(O)O[B@@-](O1)(O2)O7)O6)O5)O4)O3.[Cd+2].[NH3+]CCCn1ccnc1.[NH3+]CCCn1ccnc1. The molecule has 2 aromatic rings. The van der Waals surface area contributed by atoms with Gasteiger partial charge in [0.15, 0.2) is 0 Å². The van der Waals surface area contributed by atoms with Crippen LogP contribution in [0.5, 0.6) is 0 Å². The van der Waals surface area contributed by atoms with E-state index in [2.05, 4.69) is 30.6 Å². The van der Waals surface area contributed by atoms with Gasteiger partial charge in [0.2, 0.25) is 0 Å². The molecule has 32 nitrogen and oxygen atoms in total. The van der Waals surface area contributed by atoms with Crippen molar-refractivity contribution in [3.05, 3.63) is 37.4 Å². The number of imidazole rings is 2. The van der Waals surface area contributed by atoms with E-state index in [4.69, 9.17) is 91.4 Å². The Labute approximate surface area is 355 Å². The van der Waals surface area contributed by atoms with Crippen LogP contribution in [-0.4, -0.2) is 163 Å². The number of quaternary nitrogens is 2. The Kier molecular flexibility index (Phi) is 16.7. The van der Waals surface area contributed by atoms with Crippen LogP contribution in [0.3, 0.4) is 0 Å². The van der Waals surface area contributed by atoms with Gasteiger partial charge in [0.1, 0.15) is 0 Å². The van der Waals surface area contributed by atoms with E-state index in [0.717, 1.165) is 39.0 Å². The fraction of sp³-hybridized carbons (Fsp3) is 0.500. The van der Waals surface area contributed by atoms with Crippen LogP contribution in [0.2, 0.25) is 0 Å². The number of rotatable bonds is 6. The largest absolute Gasteiger partial charge is 2.00 e. The van der Waals surface area contributed by atoms with Crippen molar-refractivity contribution in [1.82, 2.24) is 19.1 Å². The first-order valence-electron chi connectivity index (χ1n) is 17.3. The topological polar surface area (TPSA) is 397 Å². The standard InChI is InChI=1S/2C6H11N3.B14H6O26.Cd/c2*7-2-1-4-9-5-3-8-6-9;15-1-21-7-25-8-22-2(16)29-13(36-8)33-6(20)34-14(40-13)30-4(18)24-10(38-14)26-9-23-3(17)28-12(37-9)32-5(19)31-11(27-1,35-7)39-12;/h2*3,5-6H,1-2,4,7H2;15-20H;/q;;-4;+2/p+2/t;;11-,12+,13-,14+;. The molecule has 0 radical (unpaired) electrons. The van der Waals surface area contributed by atoms with E-state index >= 15 is 0 Å². The van der Waals surface area contributed by atoms with Crippen LogP contribution in [0, 0.1) is 0 Å². The smallest absolute Gasteiger partial charge is 0.680 e. The molecule has 0 unspecified atom stereocenters. The van der Waals surface area contributed by atoms with Crippen molar-refractivity contribution in [3.8, 4) is 0 Å². The zero-order valence-corrected chi connectivity index (χ0v) is 34.6. The predicted octanol–water partition coefficient (Wildman–Crippen LogP) is -11.0. The van der Waals surface area contributed by atoms with Crippen molar-refractivity contribution in [2.75, 3.05) is 13.1 Å². The van der Waals surface area contributed by atoms with Crippen molar-refractivity contribution >= 4 is 101 Å². The molecule has 308 valence electrons. The van der Waals surface area contributed by atoms with Gasteiger partial charge < -0.3 is 142 Å². The van der Waals surface area contributed by atoms with Gasteiger partial charge in [-0.3, -0.25) is 0 Å². The molecule has 7 fully saturated rings. The molecular weight excluding hydrogens is 908 g/mol. The molecular formula is C12H30B14CdN6O26. The Bertz CT molecular complexity index is 1390. The maximum atomic E-state index is 10.2. The molecule has 7 aliphatic rings. The molecule has 9 heterocycles. The third kappa shape index (κ3) is 12.7. The van der Waals surface area contributed by atoms with Crippen LogP contribution < -0.4 is 11.5 Å². The Morgan fingerprint density at radius 2 is 0.729 bits per heavy atom. The minimum Gasteiger partial charge on any atom is -0.680 e. The summed E-state index contributed by atoms with van der Waals surface area (Å²) in [6.45, 7) is -11.6. The molecule has 9 rings (SSSR count). The van der Waals surface area contributed by atoms with Gasteiger partial charge in [-0.25, -0.2) is 9.97 Å². The second kappa shape index (κ2) is 20.8. The van der Waals surface area contributed by atoms with Crippen molar-refractivity contribution < 1.29 is 160 Å². The summed E-state index contributed by atoms with van der Waals surface area (Å²) >= 11 is 0. The maximum absolute atomic E-state index is 10.2. The van der Waals surface area contributed by atoms with Crippen molar-refractivity contribution in [1.29, 1.82) is 0 Å². The summed E-state index contributed by atoms with van der Waals surface area (Å²) in [5.74, 6) is 0. The van der Waals surface area contributed by atoms with Crippen molar-refractivity contribution in [3.63, 3.8) is 0 Å². The molecule has 7 aliphatic heterocycles. The molecule has 7 saturated heterocycles. The molecule has 8 bridgehead atoms. The summed E-state index contributed by atoms with van der Waals surface area (Å²) in [4.78, 5) is 7.84. The van der Waals surface area contributed by atoms with Gasteiger partial charge in [-0.1, -0.05) is 0 Å². The Balaban J connectivity index is 0.000000254. The molecule has 0 saturated carbocycles. The van der Waals surface area contributed by atoms with Crippen LogP contribution in [0.15, 0.2) is 37.4 Å². The Morgan fingerprint density at radius 1 is 0.441 bits per heavy atom. The van der Waals surface area contributed by atoms with Gasteiger partial charge in [0.25, 0.3) is 0 Å². The quantitative estimate of drug-likeness (QED) is 0.125. The summed E-state index contributed by atoms with van der Waals surface area (Å²) < 4.78 is 105. The van der Waals surface area contributed by atoms with E-state index in [1.54, 1.807) is 12.4 Å². The van der Waals surface area contributed by atoms with Crippen molar-refractivity contribution in [2.45, 2.75) is 25.9 Å². The maximum Gasteiger partial charge on any atom is 2.00 e. The molecule has 0 aliphatic carbocycles. The number of aromatic nitrogens is 4. The fourth-order valence-electron chi connectivity index (χ4n) is 5.43. The Hall–Kier alpha value is -0.869. The molecule has 0 aromatic carbocycles. The number of fused-ring (bicyclic) bond motifs is 4. The Morgan fingerprint density at radius 3 is 0.983 bits per heavy atom. The van der Waals surface area contributed by atoms with Gasteiger partial charge >= 0.3 is 128 Å². The van der Waals surface area contributed by atoms with Gasteiger partial charge in [0, 0.05) is 50.7 Å². The number of hydrogen-bond donors (Lipinski definition) is 8. The zero-order valence-electron chi connectivity index (χ0n) is 30.5. The van der Waals surface area contributed by atoms with E-state index in [1.165, 1.54) is 0 Å². The van der Waals surface area contributed by atoms with Crippen LogP contribution in [0.4, 0.5) is 0 Å². The van der Waals surface area contributed by atoms with Crippen molar-refractivity contribution in [2.24, 2.45) is 0 Å². The minimum atomic E-state index is -3.92. The van der Waals surface area contributed by atoms with Crippen LogP contribution in [-0.2, 0) is 132 Å². The number of nitrogens with zero attached hydrogens (tertiary/aromatic N) is 4. The number of hydrogen-bond acceptors (Lipinski definition) is 28. The summed E-state index contributed by atoms with van der Waals surface area (Å²) in [6.07, 6.45) is 13.5. The third-order valence-corrected chi connectivity index (χ3v) is 7.85. The van der Waals surface area contributed by atoms with Gasteiger partial charge in [-0.05, 0) is 0 Å². The van der Waals surface area contributed by atoms with Crippen LogP contribution in [0.25, 0.3) is 0 Å². The van der Waals surface area contributed by atoms with Gasteiger partial charge in [0.05, 0.1) is 25.7 Å². The molecule has 2 aromatic heterocycles. The zero-order chi connectivity index (χ0) is 41.0. The molecule has 4 atom stereocenters. The third-order valence-electron chi connectivity index (χ3n) is 7.85. The second-order valence-electron chi connectivity index (χ2n) is 12.0. The molecule has 4 spiro atoms. The monoisotopic (exact) mass is 942 g/mol. The minimum absolute atomic E-state index is 0. The first kappa shape index (κ1) is 47.6. The van der Waals surface area contributed by atoms with Crippen LogP contribution >= 0.6 is 0 Å². The first-order chi connectivity index (χ1) is 27.8. The molecule has 12 N–H and O–H groups in total. The van der Waals surface area contributed by atoms with E-state index in [0.29, 0.717) is 0 Å². The van der Waals surface area contributed by atoms with E-state index in [9.17, 15) is 30.1 Å². The fourth-order valence-corrected chi connectivity index (χ4v) is 5.43. The van der Waals surface area contributed by atoms with Crippen LogP contribution in [0.1, 0.15) is 12.8 Å². The second-order valence-corrected chi connectivity index (χ2v) is 12.0. The van der Waals surface area contributed by atoms with E-state index in [-0.39, 0.29) is 27.3 Å². The van der Waals surface area contributed by atoms with E-state index < -0.39 is 101 Å². The summed E-state index contributed by atoms with van der Waals surface area (Å²) in [7, 11) is -22.8. The summed E-state index contributed by atoms with van der Waals surface area (Å²) in [6, 6.07) is 0. The average Bonchev–Trinajstić information content (AvgIpc) is 3.82.